The van der Waals surface area contributed by atoms with Crippen molar-refractivity contribution >= 4 is 39.9 Å². The highest BCUT2D eigenvalue weighted by atomic mass is 16.2. The molecule has 2 fully saturated rings. The first-order valence-electron chi connectivity index (χ1n) is 13.9. The lowest BCUT2D eigenvalue weighted by Crippen LogP contribution is -2.53. The number of piperidine rings is 1. The molecule has 0 radical (unpaired) electrons. The number of hydrogen-bond donors (Lipinski definition) is 1. The molecule has 0 spiro atoms. The summed E-state index contributed by atoms with van der Waals surface area (Å²) in [4.78, 5) is 37.1. The second kappa shape index (κ2) is 11.4. The minimum absolute atomic E-state index is 0.0414. The number of pyridine rings is 1. The molecule has 200 valence electrons. The molecule has 3 aromatic rings. The fourth-order valence-corrected chi connectivity index (χ4v) is 5.72. The molecule has 0 bridgehead atoms. The van der Waals surface area contributed by atoms with E-state index in [0.29, 0.717) is 13.1 Å². The number of carbonyl (C=O) groups excluding carboxylic acids is 2. The summed E-state index contributed by atoms with van der Waals surface area (Å²) in [6.07, 6.45) is 4.12. The molecule has 0 unspecified atom stereocenters. The number of nitrogens with one attached hydrogen (secondary N) is 1. The van der Waals surface area contributed by atoms with E-state index in [9.17, 15) is 9.59 Å². The highest BCUT2D eigenvalue weighted by molar-refractivity contribution is 5.96. The largest absolute Gasteiger partial charge is 0.365 e. The Morgan fingerprint density at radius 3 is 2.53 bits per heavy atom. The number of carbonyl (C=O) groups is 2. The third-order valence-electron chi connectivity index (χ3n) is 7.85. The number of fused-ring (bicyclic) bond motifs is 1. The molecule has 1 aromatic heterocycles. The van der Waals surface area contributed by atoms with Gasteiger partial charge in [-0.1, -0.05) is 12.1 Å². The smallest absolute Gasteiger partial charge is 0.224 e. The van der Waals surface area contributed by atoms with Crippen LogP contribution in [0, 0.1) is 13.8 Å². The van der Waals surface area contributed by atoms with E-state index < -0.39 is 0 Å². The van der Waals surface area contributed by atoms with Gasteiger partial charge in [0.1, 0.15) is 5.82 Å². The van der Waals surface area contributed by atoms with Crippen LogP contribution in [0.5, 0.6) is 0 Å². The van der Waals surface area contributed by atoms with Crippen molar-refractivity contribution in [2.45, 2.75) is 58.9 Å². The summed E-state index contributed by atoms with van der Waals surface area (Å²) < 4.78 is 0. The lowest BCUT2D eigenvalue weighted by atomic mass is 10.1. The minimum Gasteiger partial charge on any atom is -0.365 e. The Morgan fingerprint density at radius 1 is 0.947 bits per heavy atom. The normalized spacial score (nSPS) is 18.1. The van der Waals surface area contributed by atoms with Crippen LogP contribution in [0.25, 0.3) is 10.9 Å². The Morgan fingerprint density at radius 2 is 1.76 bits per heavy atom. The average molecular weight is 514 g/mol. The topological polar surface area (TPSA) is 68.8 Å². The number of rotatable bonds is 6. The quantitative estimate of drug-likeness (QED) is 0.485. The highest BCUT2D eigenvalue weighted by Crippen LogP contribution is 2.27. The Hall–Kier alpha value is -3.61. The monoisotopic (exact) mass is 513 g/mol. The first-order chi connectivity index (χ1) is 18.4. The summed E-state index contributed by atoms with van der Waals surface area (Å²) in [7, 11) is 0. The number of aryl methyl sites for hydroxylation is 2. The van der Waals surface area contributed by atoms with E-state index in [0.717, 1.165) is 47.6 Å². The molecule has 7 nitrogen and oxygen atoms in total. The van der Waals surface area contributed by atoms with Gasteiger partial charge in [0.2, 0.25) is 11.8 Å². The predicted molar refractivity (Wildman–Crippen MR) is 155 cm³/mol. The van der Waals surface area contributed by atoms with Crippen LogP contribution in [0.15, 0.2) is 48.5 Å². The number of anilines is 3. The lowest BCUT2D eigenvalue weighted by Gasteiger charge is -2.41. The van der Waals surface area contributed by atoms with Crippen LogP contribution in [0.4, 0.5) is 17.2 Å². The number of amides is 2. The van der Waals surface area contributed by atoms with Crippen LogP contribution in [0.2, 0.25) is 0 Å². The Kier molecular flexibility index (Phi) is 7.82. The van der Waals surface area contributed by atoms with Gasteiger partial charge in [-0.15, -0.1) is 0 Å². The zero-order valence-electron chi connectivity index (χ0n) is 22.9. The van der Waals surface area contributed by atoms with Crippen molar-refractivity contribution in [2.75, 3.05) is 47.8 Å². The summed E-state index contributed by atoms with van der Waals surface area (Å²) in [5.41, 5.74) is 5.27. The van der Waals surface area contributed by atoms with E-state index in [1.807, 2.05) is 23.1 Å². The van der Waals surface area contributed by atoms with E-state index in [-0.39, 0.29) is 30.7 Å². The van der Waals surface area contributed by atoms with E-state index >= 15 is 0 Å². The molecule has 1 N–H and O–H groups in total. The summed E-state index contributed by atoms with van der Waals surface area (Å²) in [6.45, 7) is 10.6. The number of aromatic nitrogens is 1. The van der Waals surface area contributed by atoms with Crippen molar-refractivity contribution in [3.8, 4) is 0 Å². The molecule has 0 saturated carbocycles. The molecule has 3 heterocycles. The Bertz CT molecular complexity index is 1320. The molecule has 1 atom stereocenters. The van der Waals surface area contributed by atoms with E-state index in [2.05, 4.69) is 66.2 Å². The van der Waals surface area contributed by atoms with Gasteiger partial charge >= 0.3 is 0 Å². The maximum absolute atomic E-state index is 12.9. The van der Waals surface area contributed by atoms with Gasteiger partial charge in [0.05, 0.1) is 5.52 Å². The van der Waals surface area contributed by atoms with Gasteiger partial charge in [-0.25, -0.2) is 4.98 Å². The Balaban J connectivity index is 1.14. The fraction of sp³-hybridized carbons (Fsp3) is 0.452. The number of hydrogen-bond acceptors (Lipinski definition) is 5. The molecule has 2 saturated heterocycles. The van der Waals surface area contributed by atoms with Gasteiger partial charge in [-0.05, 0) is 87.6 Å². The molecular formula is C31H39N5O2. The van der Waals surface area contributed by atoms with Crippen LogP contribution in [-0.2, 0) is 9.59 Å². The van der Waals surface area contributed by atoms with Gasteiger partial charge in [0.15, 0.2) is 0 Å². The van der Waals surface area contributed by atoms with Gasteiger partial charge in [0.25, 0.3) is 0 Å². The summed E-state index contributed by atoms with van der Waals surface area (Å²) >= 11 is 0. The maximum atomic E-state index is 12.9. The predicted octanol–water partition coefficient (Wildman–Crippen LogP) is 5.30. The van der Waals surface area contributed by atoms with Crippen molar-refractivity contribution in [1.29, 1.82) is 0 Å². The molecule has 38 heavy (non-hydrogen) atoms. The molecule has 5 rings (SSSR count). The number of piperazine rings is 1. The van der Waals surface area contributed by atoms with Gasteiger partial charge in [-0.3, -0.25) is 9.59 Å². The zero-order valence-corrected chi connectivity index (χ0v) is 22.9. The van der Waals surface area contributed by atoms with Crippen molar-refractivity contribution in [3.63, 3.8) is 0 Å². The van der Waals surface area contributed by atoms with Crippen LogP contribution in [0.1, 0.15) is 50.2 Å². The second-order valence-corrected chi connectivity index (χ2v) is 10.8. The second-order valence-electron chi connectivity index (χ2n) is 10.8. The standard InChI is InChI=1S/C31H39N5O2/c1-22-8-7-9-26(18-22)36-17-16-35(21-24(36)3)31(38)13-12-30(37)32-25-10-11-28-27(20-25)23(2)19-29(33-28)34-14-5-4-6-15-34/h7-11,18-20,24H,4-6,12-17,21H2,1-3H3,(H,32,37)/t24-/m1/s1. The van der Waals surface area contributed by atoms with Gasteiger partial charge < -0.3 is 20.0 Å². The molecule has 2 aliphatic rings. The molecule has 2 aromatic carbocycles. The molecule has 7 heteroatoms. The zero-order chi connectivity index (χ0) is 26.6. The summed E-state index contributed by atoms with van der Waals surface area (Å²) in [6, 6.07) is 16.7. The van der Waals surface area contributed by atoms with Crippen LogP contribution >= 0.6 is 0 Å². The first-order valence-corrected chi connectivity index (χ1v) is 13.9. The minimum atomic E-state index is -0.139. The molecule has 2 amide bonds. The third kappa shape index (κ3) is 5.93. The molecular weight excluding hydrogens is 474 g/mol. The van der Waals surface area contributed by atoms with Crippen LogP contribution < -0.4 is 15.1 Å². The fourth-order valence-electron chi connectivity index (χ4n) is 5.72. The van der Waals surface area contributed by atoms with Crippen molar-refractivity contribution < 1.29 is 9.59 Å². The van der Waals surface area contributed by atoms with Gasteiger partial charge in [-0.2, -0.15) is 0 Å². The number of benzene rings is 2. The number of nitrogens with zero attached hydrogens (tertiary/aromatic N) is 4. The van der Waals surface area contributed by atoms with E-state index in [1.54, 1.807) is 0 Å². The SMILES string of the molecule is Cc1cccc(N2CCN(C(=O)CCC(=O)Nc3ccc4nc(N5CCCCC5)cc(C)c4c3)C[C@H]2C)c1. The summed E-state index contributed by atoms with van der Waals surface area (Å²) in [5.74, 6) is 0.943. The van der Waals surface area contributed by atoms with Crippen LogP contribution in [0.3, 0.4) is 0 Å². The van der Waals surface area contributed by atoms with Crippen LogP contribution in [-0.4, -0.2) is 60.5 Å². The summed E-state index contributed by atoms with van der Waals surface area (Å²) in [5, 5.41) is 4.03. The van der Waals surface area contributed by atoms with E-state index in [4.69, 9.17) is 4.98 Å². The first kappa shape index (κ1) is 26.0. The molecule has 2 aliphatic heterocycles. The molecule has 0 aliphatic carbocycles. The maximum Gasteiger partial charge on any atom is 0.224 e. The van der Waals surface area contributed by atoms with E-state index in [1.165, 1.54) is 30.5 Å². The third-order valence-corrected chi connectivity index (χ3v) is 7.85. The highest BCUT2D eigenvalue weighted by Gasteiger charge is 2.27. The lowest BCUT2D eigenvalue weighted by molar-refractivity contribution is -0.133. The average Bonchev–Trinajstić information content (AvgIpc) is 2.92. The Labute approximate surface area is 225 Å². The van der Waals surface area contributed by atoms with Crippen molar-refractivity contribution in [3.05, 3.63) is 59.7 Å². The van der Waals surface area contributed by atoms with Crippen molar-refractivity contribution in [1.82, 2.24) is 9.88 Å². The van der Waals surface area contributed by atoms with Crippen molar-refractivity contribution in [2.24, 2.45) is 0 Å². The van der Waals surface area contributed by atoms with Gasteiger partial charge in [0, 0.05) is 68.4 Å².